The SMILES string of the molecule is COc1cc(CC(C)C(=O)O)c(C(F)F)cc1OC. The molecule has 1 aromatic rings. The minimum Gasteiger partial charge on any atom is -0.493 e. The molecule has 0 radical (unpaired) electrons. The van der Waals surface area contributed by atoms with E-state index in [1.54, 1.807) is 0 Å². The van der Waals surface area contributed by atoms with E-state index < -0.39 is 18.3 Å². The number of rotatable bonds is 6. The van der Waals surface area contributed by atoms with E-state index in [1.165, 1.54) is 33.3 Å². The predicted molar refractivity (Wildman–Crippen MR) is 65.0 cm³/mol. The predicted octanol–water partition coefficient (Wildman–Crippen LogP) is 2.90. The number of carboxylic acid groups (broad SMARTS) is 1. The van der Waals surface area contributed by atoms with Crippen LogP contribution in [-0.2, 0) is 11.2 Å². The molecule has 106 valence electrons. The van der Waals surface area contributed by atoms with Gasteiger partial charge in [0.25, 0.3) is 6.43 Å². The molecule has 0 aliphatic heterocycles. The van der Waals surface area contributed by atoms with Crippen LogP contribution in [0.25, 0.3) is 0 Å². The Kier molecular flexibility index (Phi) is 5.09. The first kappa shape index (κ1) is 15.2. The largest absolute Gasteiger partial charge is 0.493 e. The summed E-state index contributed by atoms with van der Waals surface area (Å²) >= 11 is 0. The van der Waals surface area contributed by atoms with Crippen LogP contribution in [0.15, 0.2) is 12.1 Å². The summed E-state index contributed by atoms with van der Waals surface area (Å²) in [6, 6.07) is 2.59. The molecule has 1 rings (SSSR count). The average Bonchev–Trinajstić information content (AvgIpc) is 2.37. The maximum absolute atomic E-state index is 13.0. The number of halogens is 2. The molecule has 0 aliphatic carbocycles. The van der Waals surface area contributed by atoms with Crippen molar-refractivity contribution in [1.29, 1.82) is 0 Å². The average molecular weight is 274 g/mol. The Labute approximate surface area is 109 Å². The topological polar surface area (TPSA) is 55.8 Å². The van der Waals surface area contributed by atoms with Crippen LogP contribution < -0.4 is 9.47 Å². The summed E-state index contributed by atoms with van der Waals surface area (Å²) in [4.78, 5) is 10.8. The van der Waals surface area contributed by atoms with Crippen LogP contribution in [0.2, 0.25) is 0 Å². The summed E-state index contributed by atoms with van der Waals surface area (Å²) in [7, 11) is 2.75. The van der Waals surface area contributed by atoms with E-state index in [0.717, 1.165) is 0 Å². The Bertz CT molecular complexity index is 460. The van der Waals surface area contributed by atoms with Crippen molar-refractivity contribution in [2.45, 2.75) is 19.8 Å². The van der Waals surface area contributed by atoms with Gasteiger partial charge in [0.15, 0.2) is 11.5 Å². The van der Waals surface area contributed by atoms with Crippen LogP contribution in [0.4, 0.5) is 8.78 Å². The first-order valence-corrected chi connectivity index (χ1v) is 5.66. The number of carboxylic acids is 1. The summed E-state index contributed by atoms with van der Waals surface area (Å²) in [5.74, 6) is -1.28. The lowest BCUT2D eigenvalue weighted by Gasteiger charge is -2.16. The number of benzene rings is 1. The molecule has 1 unspecified atom stereocenters. The quantitative estimate of drug-likeness (QED) is 0.866. The maximum atomic E-state index is 13.0. The van der Waals surface area contributed by atoms with Gasteiger partial charge in [-0.1, -0.05) is 6.92 Å². The van der Waals surface area contributed by atoms with Gasteiger partial charge in [0.05, 0.1) is 20.1 Å². The van der Waals surface area contributed by atoms with Crippen LogP contribution in [0.3, 0.4) is 0 Å². The highest BCUT2D eigenvalue weighted by Crippen LogP contribution is 2.35. The molecule has 0 aliphatic rings. The lowest BCUT2D eigenvalue weighted by Crippen LogP contribution is -2.13. The standard InChI is InChI=1S/C13H16F2O4/c1-7(13(16)17)4-8-5-10(18-2)11(19-3)6-9(8)12(14)15/h5-7,12H,4H2,1-3H3,(H,16,17). The van der Waals surface area contributed by atoms with Crippen molar-refractivity contribution in [3.8, 4) is 11.5 Å². The minimum absolute atomic E-state index is 0.00929. The summed E-state index contributed by atoms with van der Waals surface area (Å²) in [5, 5.41) is 8.86. The van der Waals surface area contributed by atoms with Crippen LogP contribution in [-0.4, -0.2) is 25.3 Å². The molecular formula is C13H16F2O4. The highest BCUT2D eigenvalue weighted by atomic mass is 19.3. The number of ether oxygens (including phenoxy) is 2. The summed E-state index contributed by atoms with van der Waals surface area (Å²) < 4.78 is 36.0. The molecule has 0 saturated carbocycles. The van der Waals surface area contributed by atoms with Gasteiger partial charge in [-0.25, -0.2) is 8.78 Å². The van der Waals surface area contributed by atoms with Gasteiger partial charge in [-0.05, 0) is 24.1 Å². The summed E-state index contributed by atoms with van der Waals surface area (Å²) in [6.45, 7) is 1.47. The minimum atomic E-state index is -2.70. The van der Waals surface area contributed by atoms with E-state index in [9.17, 15) is 13.6 Å². The molecule has 0 saturated heterocycles. The Hall–Kier alpha value is -1.85. The molecule has 19 heavy (non-hydrogen) atoms. The van der Waals surface area contributed by atoms with Gasteiger partial charge in [-0.15, -0.1) is 0 Å². The van der Waals surface area contributed by atoms with E-state index in [4.69, 9.17) is 14.6 Å². The zero-order chi connectivity index (χ0) is 14.6. The van der Waals surface area contributed by atoms with Gasteiger partial charge in [0.2, 0.25) is 0 Å². The van der Waals surface area contributed by atoms with Crippen LogP contribution in [0, 0.1) is 5.92 Å². The second-order valence-electron chi connectivity index (χ2n) is 4.15. The zero-order valence-corrected chi connectivity index (χ0v) is 10.9. The van der Waals surface area contributed by atoms with E-state index in [-0.39, 0.29) is 23.3 Å². The molecule has 1 atom stereocenters. The Morgan fingerprint density at radius 1 is 1.26 bits per heavy atom. The number of hydrogen-bond acceptors (Lipinski definition) is 3. The molecule has 0 aromatic heterocycles. The van der Waals surface area contributed by atoms with Gasteiger partial charge in [0, 0.05) is 5.56 Å². The van der Waals surface area contributed by atoms with E-state index in [0.29, 0.717) is 5.75 Å². The maximum Gasteiger partial charge on any atom is 0.306 e. The first-order chi connectivity index (χ1) is 8.90. The highest BCUT2D eigenvalue weighted by molar-refractivity contribution is 5.70. The zero-order valence-electron chi connectivity index (χ0n) is 10.9. The van der Waals surface area contributed by atoms with Crippen molar-refractivity contribution < 1.29 is 28.2 Å². The Morgan fingerprint density at radius 3 is 2.21 bits per heavy atom. The van der Waals surface area contributed by atoms with Crippen LogP contribution >= 0.6 is 0 Å². The second-order valence-corrected chi connectivity index (χ2v) is 4.15. The normalized spacial score (nSPS) is 12.3. The lowest BCUT2D eigenvalue weighted by molar-refractivity contribution is -0.141. The number of aliphatic carboxylic acids is 1. The summed E-state index contributed by atoms with van der Waals surface area (Å²) in [5.41, 5.74) is 0.0216. The van der Waals surface area contributed by atoms with Crippen LogP contribution in [0.5, 0.6) is 11.5 Å². The van der Waals surface area contributed by atoms with Gasteiger partial charge in [-0.3, -0.25) is 4.79 Å². The molecule has 4 nitrogen and oxygen atoms in total. The van der Waals surface area contributed by atoms with Crippen molar-refractivity contribution in [3.05, 3.63) is 23.3 Å². The Balaban J connectivity index is 3.23. The monoisotopic (exact) mass is 274 g/mol. The molecule has 1 N–H and O–H groups in total. The smallest absolute Gasteiger partial charge is 0.306 e. The van der Waals surface area contributed by atoms with Crippen molar-refractivity contribution in [2.75, 3.05) is 14.2 Å². The fraction of sp³-hybridized carbons (Fsp3) is 0.462. The highest BCUT2D eigenvalue weighted by Gasteiger charge is 2.21. The fourth-order valence-corrected chi connectivity index (χ4v) is 1.73. The molecule has 0 spiro atoms. The van der Waals surface area contributed by atoms with Crippen LogP contribution in [0.1, 0.15) is 24.5 Å². The third kappa shape index (κ3) is 3.56. The molecule has 1 aromatic carbocycles. The Morgan fingerprint density at radius 2 is 1.79 bits per heavy atom. The van der Waals surface area contributed by atoms with Gasteiger partial charge >= 0.3 is 5.97 Å². The lowest BCUT2D eigenvalue weighted by atomic mass is 9.96. The molecule has 0 fully saturated rings. The second kappa shape index (κ2) is 6.36. The van der Waals surface area contributed by atoms with E-state index in [2.05, 4.69) is 0 Å². The summed E-state index contributed by atoms with van der Waals surface area (Å²) in [6.07, 6.45) is -2.69. The first-order valence-electron chi connectivity index (χ1n) is 5.66. The van der Waals surface area contributed by atoms with Gasteiger partial charge in [-0.2, -0.15) is 0 Å². The molecule has 6 heteroatoms. The molecular weight excluding hydrogens is 258 g/mol. The third-order valence-electron chi connectivity index (χ3n) is 2.83. The van der Waals surface area contributed by atoms with Crippen molar-refractivity contribution in [1.82, 2.24) is 0 Å². The van der Waals surface area contributed by atoms with Crippen molar-refractivity contribution >= 4 is 5.97 Å². The van der Waals surface area contributed by atoms with Crippen molar-refractivity contribution in [3.63, 3.8) is 0 Å². The molecule has 0 amide bonds. The molecule has 0 bridgehead atoms. The molecule has 0 heterocycles. The number of carbonyl (C=O) groups is 1. The van der Waals surface area contributed by atoms with E-state index in [1.807, 2.05) is 0 Å². The van der Waals surface area contributed by atoms with Gasteiger partial charge < -0.3 is 14.6 Å². The third-order valence-corrected chi connectivity index (χ3v) is 2.83. The fourth-order valence-electron chi connectivity index (χ4n) is 1.73. The number of hydrogen-bond donors (Lipinski definition) is 1. The van der Waals surface area contributed by atoms with E-state index >= 15 is 0 Å². The number of methoxy groups -OCH3 is 2. The van der Waals surface area contributed by atoms with Crippen molar-refractivity contribution in [2.24, 2.45) is 5.92 Å². The number of alkyl halides is 2. The van der Waals surface area contributed by atoms with Gasteiger partial charge in [0.1, 0.15) is 0 Å².